The lowest BCUT2D eigenvalue weighted by molar-refractivity contribution is 0.624. The van der Waals surface area contributed by atoms with E-state index in [4.69, 9.17) is 11.6 Å². The third-order valence-electron chi connectivity index (χ3n) is 1.53. The van der Waals surface area contributed by atoms with Crippen LogP contribution in [0.25, 0.3) is 0 Å². The minimum Gasteiger partial charge on any atom is -0.206 e. The zero-order valence-electron chi connectivity index (χ0n) is 7.19. The molecule has 0 N–H and O–H groups in total. The van der Waals surface area contributed by atoms with Gasteiger partial charge in [-0.3, -0.25) is 0 Å². The van der Waals surface area contributed by atoms with E-state index in [0.29, 0.717) is 11.4 Å². The van der Waals surface area contributed by atoms with Crippen molar-refractivity contribution in [2.24, 2.45) is 0 Å². The molecule has 1 aromatic carbocycles. The van der Waals surface area contributed by atoms with Crippen molar-refractivity contribution in [3.8, 4) is 11.8 Å². The van der Waals surface area contributed by atoms with Gasteiger partial charge in [-0.05, 0) is 18.6 Å². The van der Waals surface area contributed by atoms with Crippen molar-refractivity contribution in [2.75, 3.05) is 5.88 Å². The molecule has 0 aromatic heterocycles. The number of hydrogen-bond donors (Lipinski definition) is 0. The van der Waals surface area contributed by atoms with Gasteiger partial charge in [0.25, 0.3) is 0 Å². The molecule has 0 aliphatic carbocycles. The maximum absolute atomic E-state index is 13.0. The summed E-state index contributed by atoms with van der Waals surface area (Å²) in [6.07, 6.45) is 1.57. The molecule has 2 heteroatoms. The summed E-state index contributed by atoms with van der Waals surface area (Å²) in [7, 11) is 0. The molecule has 0 amide bonds. The van der Waals surface area contributed by atoms with Crippen LogP contribution in [0.2, 0.25) is 0 Å². The second-order valence-corrected chi connectivity index (χ2v) is 2.95. The molecule has 1 aromatic rings. The zero-order chi connectivity index (χ0) is 9.52. The summed E-state index contributed by atoms with van der Waals surface area (Å²) in [4.78, 5) is 0. The number of rotatable bonds is 2. The van der Waals surface area contributed by atoms with Crippen molar-refractivity contribution in [1.82, 2.24) is 0 Å². The summed E-state index contributed by atoms with van der Waals surface area (Å²) in [6, 6.07) is 6.50. The Morgan fingerprint density at radius 2 is 2.08 bits per heavy atom. The second-order valence-electron chi connectivity index (χ2n) is 2.57. The van der Waals surface area contributed by atoms with Crippen LogP contribution < -0.4 is 0 Å². The van der Waals surface area contributed by atoms with Gasteiger partial charge >= 0.3 is 0 Å². The van der Waals surface area contributed by atoms with Crippen LogP contribution in [0.5, 0.6) is 0 Å². The first-order chi connectivity index (χ1) is 6.34. The SMILES string of the molecule is Fc1ccccc1C#CCCCCl. The topological polar surface area (TPSA) is 0 Å². The number of halogens is 2. The molecule has 0 saturated carbocycles. The lowest BCUT2D eigenvalue weighted by Crippen LogP contribution is -1.81. The van der Waals surface area contributed by atoms with Crippen LogP contribution in [0.1, 0.15) is 18.4 Å². The van der Waals surface area contributed by atoms with Gasteiger partial charge in [0.15, 0.2) is 0 Å². The van der Waals surface area contributed by atoms with Crippen LogP contribution in [0.4, 0.5) is 4.39 Å². The average molecular weight is 197 g/mol. The van der Waals surface area contributed by atoms with Gasteiger partial charge in [-0.15, -0.1) is 11.6 Å². The number of alkyl halides is 1. The molecule has 0 atom stereocenters. The van der Waals surface area contributed by atoms with E-state index in [1.807, 2.05) is 0 Å². The van der Waals surface area contributed by atoms with E-state index in [0.717, 1.165) is 12.8 Å². The molecular formula is C11H10ClF. The quantitative estimate of drug-likeness (QED) is 0.387. The predicted octanol–water partition coefficient (Wildman–Crippen LogP) is 3.20. The molecule has 0 nitrogen and oxygen atoms in total. The van der Waals surface area contributed by atoms with Gasteiger partial charge in [0.05, 0.1) is 5.56 Å². The highest BCUT2D eigenvalue weighted by Crippen LogP contribution is 2.03. The Hall–Kier alpha value is -1.00. The average Bonchev–Trinajstić information content (AvgIpc) is 2.15. The third-order valence-corrected chi connectivity index (χ3v) is 1.80. The molecule has 68 valence electrons. The molecular weight excluding hydrogens is 187 g/mol. The summed E-state index contributed by atoms with van der Waals surface area (Å²) in [5.74, 6) is 5.97. The van der Waals surface area contributed by atoms with Crippen molar-refractivity contribution in [3.05, 3.63) is 35.6 Å². The molecule has 0 fully saturated rings. The molecule has 0 aliphatic heterocycles. The molecule has 0 aliphatic rings. The van der Waals surface area contributed by atoms with Gasteiger partial charge in [0.2, 0.25) is 0 Å². The fourth-order valence-corrected chi connectivity index (χ4v) is 1.01. The summed E-state index contributed by atoms with van der Waals surface area (Å²) in [5.41, 5.74) is 0.456. The maximum Gasteiger partial charge on any atom is 0.138 e. The molecule has 0 bridgehead atoms. The van der Waals surface area contributed by atoms with Gasteiger partial charge < -0.3 is 0 Å². The van der Waals surface area contributed by atoms with Crippen LogP contribution in [0, 0.1) is 17.7 Å². The molecule has 1 rings (SSSR count). The van der Waals surface area contributed by atoms with Gasteiger partial charge in [0, 0.05) is 12.3 Å². The van der Waals surface area contributed by atoms with Gasteiger partial charge in [0.1, 0.15) is 5.82 Å². The first-order valence-corrected chi connectivity index (χ1v) is 4.67. The Bertz CT molecular complexity index is 322. The molecule has 13 heavy (non-hydrogen) atoms. The Morgan fingerprint density at radius 3 is 2.77 bits per heavy atom. The Morgan fingerprint density at radius 1 is 1.31 bits per heavy atom. The second kappa shape index (κ2) is 5.61. The van der Waals surface area contributed by atoms with E-state index in [2.05, 4.69) is 11.8 Å². The monoisotopic (exact) mass is 196 g/mol. The van der Waals surface area contributed by atoms with Gasteiger partial charge in [-0.2, -0.15) is 0 Å². The standard InChI is InChI=1S/C11H10ClF/c12-9-5-1-2-6-10-7-3-4-8-11(10)13/h3-4,7-8H,1,5,9H2. The maximum atomic E-state index is 13.0. The highest BCUT2D eigenvalue weighted by atomic mass is 35.5. The van der Waals surface area contributed by atoms with E-state index < -0.39 is 0 Å². The van der Waals surface area contributed by atoms with Crippen LogP contribution in [-0.4, -0.2) is 5.88 Å². The van der Waals surface area contributed by atoms with Crippen molar-refractivity contribution in [1.29, 1.82) is 0 Å². The predicted molar refractivity (Wildman–Crippen MR) is 53.2 cm³/mol. The smallest absolute Gasteiger partial charge is 0.138 e. The van der Waals surface area contributed by atoms with Crippen molar-refractivity contribution in [2.45, 2.75) is 12.8 Å². The van der Waals surface area contributed by atoms with Crippen LogP contribution in [0.3, 0.4) is 0 Å². The van der Waals surface area contributed by atoms with E-state index >= 15 is 0 Å². The Labute approximate surface area is 82.7 Å². The number of benzene rings is 1. The normalized spacial score (nSPS) is 9.08. The summed E-state index contributed by atoms with van der Waals surface area (Å²) in [6.45, 7) is 0. The Balaban J connectivity index is 2.61. The van der Waals surface area contributed by atoms with Crippen molar-refractivity contribution < 1.29 is 4.39 Å². The van der Waals surface area contributed by atoms with Crippen molar-refractivity contribution in [3.63, 3.8) is 0 Å². The molecule has 0 heterocycles. The van der Waals surface area contributed by atoms with E-state index in [9.17, 15) is 4.39 Å². The molecule has 0 radical (unpaired) electrons. The van der Waals surface area contributed by atoms with Crippen molar-refractivity contribution >= 4 is 11.6 Å². The summed E-state index contributed by atoms with van der Waals surface area (Å²) < 4.78 is 13.0. The highest BCUT2D eigenvalue weighted by Gasteiger charge is 1.93. The fourth-order valence-electron chi connectivity index (χ4n) is 0.876. The minimum atomic E-state index is -0.263. The molecule has 0 unspecified atom stereocenters. The lowest BCUT2D eigenvalue weighted by Gasteiger charge is -1.90. The first kappa shape index (κ1) is 10.1. The van der Waals surface area contributed by atoms with E-state index in [1.165, 1.54) is 6.07 Å². The third kappa shape index (κ3) is 3.48. The zero-order valence-corrected chi connectivity index (χ0v) is 7.94. The largest absolute Gasteiger partial charge is 0.206 e. The highest BCUT2D eigenvalue weighted by molar-refractivity contribution is 6.17. The summed E-state index contributed by atoms with van der Waals surface area (Å²) >= 11 is 5.47. The van der Waals surface area contributed by atoms with Crippen LogP contribution in [0.15, 0.2) is 24.3 Å². The number of hydrogen-bond acceptors (Lipinski definition) is 0. The van der Waals surface area contributed by atoms with Crippen LogP contribution >= 0.6 is 11.6 Å². The number of unbranched alkanes of at least 4 members (excludes halogenated alkanes) is 1. The van der Waals surface area contributed by atoms with Gasteiger partial charge in [-0.25, -0.2) is 4.39 Å². The Kier molecular flexibility index (Phi) is 4.35. The fraction of sp³-hybridized carbons (Fsp3) is 0.273. The minimum absolute atomic E-state index is 0.263. The van der Waals surface area contributed by atoms with E-state index in [1.54, 1.807) is 18.2 Å². The summed E-state index contributed by atoms with van der Waals surface area (Å²) in [5, 5.41) is 0. The molecule has 0 saturated heterocycles. The van der Waals surface area contributed by atoms with Crippen LogP contribution in [-0.2, 0) is 0 Å². The molecule has 0 spiro atoms. The first-order valence-electron chi connectivity index (χ1n) is 4.14. The lowest BCUT2D eigenvalue weighted by atomic mass is 10.2. The van der Waals surface area contributed by atoms with Gasteiger partial charge in [-0.1, -0.05) is 24.0 Å². The van der Waals surface area contributed by atoms with E-state index in [-0.39, 0.29) is 5.82 Å².